The second-order valence-corrected chi connectivity index (χ2v) is 9.33. The summed E-state index contributed by atoms with van der Waals surface area (Å²) in [6.07, 6.45) is 0. The van der Waals surface area contributed by atoms with Crippen LogP contribution in [0.3, 0.4) is 0 Å². The first-order valence-corrected chi connectivity index (χ1v) is 12.2. The van der Waals surface area contributed by atoms with Crippen molar-refractivity contribution in [2.45, 2.75) is 25.9 Å². The lowest BCUT2D eigenvalue weighted by molar-refractivity contribution is 0.101. The molecule has 0 saturated heterocycles. The van der Waals surface area contributed by atoms with Gasteiger partial charge in [-0.1, -0.05) is 0 Å². The molecule has 2 atom stereocenters. The zero-order valence-electron chi connectivity index (χ0n) is 21.5. The van der Waals surface area contributed by atoms with Crippen molar-refractivity contribution in [1.29, 1.82) is 0 Å². The van der Waals surface area contributed by atoms with Crippen LogP contribution in [0.15, 0.2) is 76.7 Å². The third kappa shape index (κ3) is 6.87. The van der Waals surface area contributed by atoms with E-state index in [1.165, 1.54) is 6.07 Å². The first-order chi connectivity index (χ1) is 17.9. The monoisotopic (exact) mass is 567 g/mol. The van der Waals surface area contributed by atoms with Crippen LogP contribution in [0.1, 0.15) is 45.7 Å². The number of hydrogen-bond donors (Lipinski definition) is 5. The van der Waals surface area contributed by atoms with Crippen LogP contribution in [0, 0.1) is 0 Å². The summed E-state index contributed by atoms with van der Waals surface area (Å²) in [6.45, 7) is 5.66. The van der Waals surface area contributed by atoms with Gasteiger partial charge in [0.05, 0.1) is 18.7 Å². The molecule has 0 saturated carbocycles. The highest BCUT2D eigenvalue weighted by atomic mass is 35.5. The van der Waals surface area contributed by atoms with E-state index in [9.17, 15) is 9.59 Å². The quantitative estimate of drug-likeness (QED) is 0.286. The van der Waals surface area contributed by atoms with Crippen molar-refractivity contribution < 1.29 is 9.59 Å². The van der Waals surface area contributed by atoms with Crippen LogP contribution in [0.4, 0.5) is 17.1 Å². The summed E-state index contributed by atoms with van der Waals surface area (Å²) in [5, 5.41) is 12.3. The van der Waals surface area contributed by atoms with Gasteiger partial charge in [0.1, 0.15) is 11.7 Å². The van der Waals surface area contributed by atoms with Crippen LogP contribution in [0.2, 0.25) is 0 Å². The highest BCUT2D eigenvalue weighted by Gasteiger charge is 2.17. The number of halogens is 2. The highest BCUT2D eigenvalue weighted by Crippen LogP contribution is 2.20. The number of carbonyl (C=O) groups excluding carboxylic acids is 2. The van der Waals surface area contributed by atoms with Gasteiger partial charge in [-0.25, -0.2) is 0 Å². The van der Waals surface area contributed by atoms with Gasteiger partial charge < -0.3 is 27.0 Å². The summed E-state index contributed by atoms with van der Waals surface area (Å²) in [7, 11) is 0. The van der Waals surface area contributed by atoms with Crippen molar-refractivity contribution in [2.24, 2.45) is 9.98 Å². The molecule has 5 rings (SSSR count). The first-order valence-electron chi connectivity index (χ1n) is 12.2. The summed E-state index contributed by atoms with van der Waals surface area (Å²) in [4.78, 5) is 34.5. The number of nitrogens with one attached hydrogen (secondary N) is 4. The molecule has 0 aromatic heterocycles. The third-order valence-corrected chi connectivity index (χ3v) is 6.20. The summed E-state index contributed by atoms with van der Waals surface area (Å²) >= 11 is 0. The van der Waals surface area contributed by atoms with Crippen LogP contribution in [0.25, 0.3) is 0 Å². The fourth-order valence-electron chi connectivity index (χ4n) is 4.19. The maximum Gasteiger partial charge on any atom is 0.257 e. The van der Waals surface area contributed by atoms with Gasteiger partial charge in [-0.05, 0) is 80.6 Å². The van der Waals surface area contributed by atoms with E-state index in [1.54, 1.807) is 12.1 Å². The van der Waals surface area contributed by atoms with Gasteiger partial charge in [-0.2, -0.15) is 0 Å². The number of nitrogens with two attached hydrogens (primary N) is 1. The van der Waals surface area contributed by atoms with Crippen LogP contribution in [-0.4, -0.2) is 48.7 Å². The molecule has 2 amide bonds. The van der Waals surface area contributed by atoms with E-state index in [4.69, 9.17) is 5.73 Å². The molecule has 2 aliphatic rings. The average molecular weight is 569 g/mol. The smallest absolute Gasteiger partial charge is 0.257 e. The van der Waals surface area contributed by atoms with E-state index in [0.29, 0.717) is 34.6 Å². The maximum atomic E-state index is 12.8. The minimum Gasteiger partial charge on any atom is -0.398 e. The van der Waals surface area contributed by atoms with Crippen molar-refractivity contribution in [3.63, 3.8) is 0 Å². The third-order valence-electron chi connectivity index (χ3n) is 6.20. The Morgan fingerprint density at radius 3 is 1.62 bits per heavy atom. The molecule has 0 spiro atoms. The lowest BCUT2D eigenvalue weighted by Crippen LogP contribution is -2.27. The molecule has 2 heterocycles. The molecular weight excluding hydrogens is 537 g/mol. The van der Waals surface area contributed by atoms with Gasteiger partial charge in [0.2, 0.25) is 0 Å². The van der Waals surface area contributed by atoms with Crippen molar-refractivity contribution in [2.75, 3.05) is 29.5 Å². The summed E-state index contributed by atoms with van der Waals surface area (Å²) in [5.41, 5.74) is 10.2. The molecule has 204 valence electrons. The Hall–Kier alpha value is -4.08. The normalized spacial score (nSPS) is 17.4. The molecule has 11 heteroatoms. The van der Waals surface area contributed by atoms with Crippen molar-refractivity contribution in [3.8, 4) is 0 Å². The highest BCUT2D eigenvalue weighted by molar-refractivity contribution is 6.10. The fraction of sp³-hybridized carbons (Fsp3) is 0.214. The minimum absolute atomic E-state index is 0. The molecule has 0 aliphatic carbocycles. The molecule has 3 aromatic rings. The summed E-state index contributed by atoms with van der Waals surface area (Å²) in [6, 6.07) is 20.2. The average Bonchev–Trinajstić information content (AvgIpc) is 3.53. The Bertz CT molecular complexity index is 1410. The summed E-state index contributed by atoms with van der Waals surface area (Å²) < 4.78 is 0. The lowest BCUT2D eigenvalue weighted by atomic mass is 10.1. The molecule has 2 unspecified atom stereocenters. The van der Waals surface area contributed by atoms with Crippen LogP contribution in [0.5, 0.6) is 0 Å². The Morgan fingerprint density at radius 1 is 0.744 bits per heavy atom. The topological polar surface area (TPSA) is 133 Å². The van der Waals surface area contributed by atoms with E-state index in [1.807, 2.05) is 48.5 Å². The molecule has 9 nitrogen and oxygen atoms in total. The number of carbonyl (C=O) groups is 2. The van der Waals surface area contributed by atoms with E-state index >= 15 is 0 Å². The Labute approximate surface area is 239 Å². The van der Waals surface area contributed by atoms with E-state index < -0.39 is 0 Å². The molecule has 0 radical (unpaired) electrons. The second-order valence-electron chi connectivity index (χ2n) is 9.33. The van der Waals surface area contributed by atoms with Crippen LogP contribution >= 0.6 is 24.8 Å². The number of nitrogen functional groups attached to an aromatic ring is 1. The zero-order chi connectivity index (χ0) is 25.9. The molecule has 3 aromatic carbocycles. The predicted molar refractivity (Wildman–Crippen MR) is 162 cm³/mol. The van der Waals surface area contributed by atoms with Gasteiger partial charge in [-0.3, -0.25) is 19.6 Å². The zero-order valence-corrected chi connectivity index (χ0v) is 23.2. The van der Waals surface area contributed by atoms with Crippen molar-refractivity contribution >= 4 is 65.4 Å². The predicted octanol–water partition coefficient (Wildman–Crippen LogP) is 4.09. The molecule has 0 bridgehead atoms. The minimum atomic E-state index is -0.351. The molecule has 0 fully saturated rings. The Morgan fingerprint density at radius 2 is 1.21 bits per heavy atom. The lowest BCUT2D eigenvalue weighted by Gasteiger charge is -2.11. The number of benzene rings is 3. The number of amidine groups is 2. The first kappa shape index (κ1) is 29.5. The number of rotatable bonds is 6. The van der Waals surface area contributed by atoms with Gasteiger partial charge in [0.15, 0.2) is 0 Å². The Kier molecular flexibility index (Phi) is 9.56. The number of hydrogen-bond acceptors (Lipinski definition) is 7. The van der Waals surface area contributed by atoms with Gasteiger partial charge in [0, 0.05) is 45.8 Å². The molecular formula is C28H31Cl2N7O2. The van der Waals surface area contributed by atoms with Gasteiger partial charge >= 0.3 is 0 Å². The van der Waals surface area contributed by atoms with E-state index in [0.717, 1.165) is 35.9 Å². The number of anilines is 3. The molecule has 2 aliphatic heterocycles. The van der Waals surface area contributed by atoms with Crippen molar-refractivity contribution in [3.05, 3.63) is 89.0 Å². The number of amides is 2. The molecule has 39 heavy (non-hydrogen) atoms. The van der Waals surface area contributed by atoms with Crippen LogP contribution in [-0.2, 0) is 0 Å². The van der Waals surface area contributed by atoms with Crippen LogP contribution < -0.4 is 27.0 Å². The van der Waals surface area contributed by atoms with E-state index in [2.05, 4.69) is 45.1 Å². The SMILES string of the molecule is CC1CN=C(c2ccc(NC(=O)c3ccc(C(=O)Nc4ccc(C5=NCC(C)N5)cc4)c(N)c3)cc2)N1.Cl.Cl. The van der Waals surface area contributed by atoms with Crippen molar-refractivity contribution in [1.82, 2.24) is 10.6 Å². The van der Waals surface area contributed by atoms with Gasteiger partial charge in [-0.15, -0.1) is 24.8 Å². The maximum absolute atomic E-state index is 12.8. The summed E-state index contributed by atoms with van der Waals surface area (Å²) in [5.74, 6) is 1.05. The fourth-order valence-corrected chi connectivity index (χ4v) is 4.19. The Balaban J connectivity index is 0.00000210. The van der Waals surface area contributed by atoms with E-state index in [-0.39, 0.29) is 42.3 Å². The van der Waals surface area contributed by atoms with Gasteiger partial charge in [0.25, 0.3) is 11.8 Å². The second kappa shape index (κ2) is 12.6. The number of aliphatic imine (C=N–C) groups is 2. The standard InChI is InChI=1S/C28H29N7O2.2ClH/c1-16-14-30-25(32-16)18-3-8-21(9-4-18)34-27(36)20-7-12-23(24(29)13-20)28(37)35-22-10-5-19(6-11-22)26-31-15-17(2)33-26;;/h3-13,16-17H,14-15,29H2,1-2H3,(H,30,32)(H,31,33)(H,34,36)(H,35,37);2*1H. The molecule has 6 N–H and O–H groups in total. The number of nitrogens with zero attached hydrogens (tertiary/aromatic N) is 2. The largest absolute Gasteiger partial charge is 0.398 e.